The maximum atomic E-state index is 12.5. The first-order valence-electron chi connectivity index (χ1n) is 8.91. The Morgan fingerprint density at radius 1 is 1.11 bits per heavy atom. The summed E-state index contributed by atoms with van der Waals surface area (Å²) in [5, 5.41) is 8.35. The molecule has 2 aromatic carbocycles. The quantitative estimate of drug-likeness (QED) is 0.438. The van der Waals surface area contributed by atoms with Gasteiger partial charge in [0.1, 0.15) is 6.04 Å². The van der Waals surface area contributed by atoms with Crippen molar-refractivity contribution in [2.45, 2.75) is 19.9 Å². The van der Waals surface area contributed by atoms with Gasteiger partial charge in [0.15, 0.2) is 0 Å². The van der Waals surface area contributed by atoms with Crippen molar-refractivity contribution in [3.8, 4) is 0 Å². The Bertz CT molecular complexity index is 1010. The largest absolute Gasteiger partial charge is 0.361 e. The summed E-state index contributed by atoms with van der Waals surface area (Å²) in [6.07, 6.45) is 3.40. The predicted octanol–water partition coefficient (Wildman–Crippen LogP) is 3.73. The molecule has 7 heteroatoms. The van der Waals surface area contributed by atoms with Crippen molar-refractivity contribution in [2.75, 3.05) is 0 Å². The average molecular weight is 397 g/mol. The summed E-state index contributed by atoms with van der Waals surface area (Å²) in [5.74, 6) is -0.834. The van der Waals surface area contributed by atoms with Gasteiger partial charge in [-0.1, -0.05) is 43.6 Å². The van der Waals surface area contributed by atoms with E-state index in [0.29, 0.717) is 10.6 Å². The second-order valence-electron chi connectivity index (χ2n) is 6.73. The van der Waals surface area contributed by atoms with Crippen LogP contribution in [-0.2, 0) is 4.79 Å². The third-order valence-corrected chi connectivity index (χ3v) is 4.59. The molecule has 0 spiro atoms. The zero-order valence-electron chi connectivity index (χ0n) is 15.6. The van der Waals surface area contributed by atoms with Crippen LogP contribution in [0.25, 0.3) is 10.9 Å². The summed E-state index contributed by atoms with van der Waals surface area (Å²) >= 11 is 5.84. The van der Waals surface area contributed by atoms with E-state index in [2.05, 4.69) is 20.8 Å². The van der Waals surface area contributed by atoms with Crippen LogP contribution in [0, 0.1) is 5.92 Å². The van der Waals surface area contributed by atoms with Crippen molar-refractivity contribution in [1.29, 1.82) is 0 Å². The number of aromatic nitrogens is 1. The first kappa shape index (κ1) is 19.6. The van der Waals surface area contributed by atoms with Gasteiger partial charge in [-0.05, 0) is 36.2 Å². The molecule has 3 rings (SSSR count). The van der Waals surface area contributed by atoms with Crippen LogP contribution >= 0.6 is 11.6 Å². The summed E-state index contributed by atoms with van der Waals surface area (Å²) in [5.41, 5.74) is 4.80. The second-order valence-corrected chi connectivity index (χ2v) is 7.16. The summed E-state index contributed by atoms with van der Waals surface area (Å²) in [6.45, 7) is 3.71. The maximum absolute atomic E-state index is 12.5. The predicted molar refractivity (Wildman–Crippen MR) is 112 cm³/mol. The summed E-state index contributed by atoms with van der Waals surface area (Å²) in [4.78, 5) is 28.1. The SMILES string of the molecule is CC(C)C(NC(=O)c1ccc(Cl)cc1)C(=O)N/N=C/c1c[nH]c2ccccc12. The van der Waals surface area contributed by atoms with Crippen molar-refractivity contribution in [3.05, 3.63) is 70.9 Å². The van der Waals surface area contributed by atoms with Gasteiger partial charge in [0, 0.05) is 33.2 Å². The lowest BCUT2D eigenvalue weighted by atomic mass is 10.0. The summed E-state index contributed by atoms with van der Waals surface area (Å²) in [6, 6.07) is 13.6. The van der Waals surface area contributed by atoms with E-state index in [4.69, 9.17) is 11.6 Å². The Balaban J connectivity index is 1.66. The van der Waals surface area contributed by atoms with Gasteiger partial charge in [-0.25, -0.2) is 5.43 Å². The minimum atomic E-state index is -0.719. The van der Waals surface area contributed by atoms with Gasteiger partial charge in [-0.2, -0.15) is 5.10 Å². The summed E-state index contributed by atoms with van der Waals surface area (Å²) in [7, 11) is 0. The molecule has 1 unspecified atom stereocenters. The van der Waals surface area contributed by atoms with Gasteiger partial charge in [0.05, 0.1) is 6.21 Å². The van der Waals surface area contributed by atoms with Crippen LogP contribution in [0.2, 0.25) is 5.02 Å². The van der Waals surface area contributed by atoms with Crippen molar-refractivity contribution >= 4 is 40.5 Å². The molecule has 28 heavy (non-hydrogen) atoms. The number of amides is 2. The van der Waals surface area contributed by atoms with Crippen LogP contribution < -0.4 is 10.7 Å². The molecule has 0 fully saturated rings. The van der Waals surface area contributed by atoms with Crippen molar-refractivity contribution in [1.82, 2.24) is 15.7 Å². The lowest BCUT2D eigenvalue weighted by Crippen LogP contribution is -2.48. The van der Waals surface area contributed by atoms with E-state index < -0.39 is 6.04 Å². The highest BCUT2D eigenvalue weighted by molar-refractivity contribution is 6.30. The molecule has 0 radical (unpaired) electrons. The van der Waals surface area contributed by atoms with Crippen LogP contribution in [-0.4, -0.2) is 29.1 Å². The fourth-order valence-corrected chi connectivity index (χ4v) is 2.92. The zero-order valence-corrected chi connectivity index (χ0v) is 16.3. The van der Waals surface area contributed by atoms with Crippen molar-refractivity contribution < 1.29 is 9.59 Å². The fraction of sp³-hybridized carbons (Fsp3) is 0.190. The number of carbonyl (C=O) groups excluding carboxylic acids is 2. The second kappa shape index (κ2) is 8.71. The Labute approximate surface area is 168 Å². The molecule has 0 saturated carbocycles. The van der Waals surface area contributed by atoms with Gasteiger partial charge in [0.2, 0.25) is 0 Å². The topological polar surface area (TPSA) is 86.3 Å². The number of carbonyl (C=O) groups is 2. The van der Waals surface area contributed by atoms with Crippen molar-refractivity contribution in [2.24, 2.45) is 11.0 Å². The Hall–Kier alpha value is -3.12. The van der Waals surface area contributed by atoms with Crippen molar-refractivity contribution in [3.63, 3.8) is 0 Å². The molecule has 6 nitrogen and oxygen atoms in total. The van der Waals surface area contributed by atoms with E-state index in [1.165, 1.54) is 0 Å². The van der Waals surface area contributed by atoms with Gasteiger partial charge < -0.3 is 10.3 Å². The number of nitrogens with zero attached hydrogens (tertiary/aromatic N) is 1. The zero-order chi connectivity index (χ0) is 20.1. The van der Waals surface area contributed by atoms with Crippen LogP contribution in [0.5, 0.6) is 0 Å². The molecule has 1 heterocycles. The molecule has 3 aromatic rings. The van der Waals surface area contributed by atoms with E-state index in [9.17, 15) is 9.59 Å². The van der Waals surface area contributed by atoms with Gasteiger partial charge in [-0.3, -0.25) is 9.59 Å². The number of hydrogen-bond acceptors (Lipinski definition) is 3. The van der Waals surface area contributed by atoms with E-state index >= 15 is 0 Å². The molecule has 2 amide bonds. The highest BCUT2D eigenvalue weighted by Gasteiger charge is 2.24. The molecule has 0 aliphatic rings. The molecule has 0 bridgehead atoms. The number of benzene rings is 2. The van der Waals surface area contributed by atoms with Crippen LogP contribution in [0.3, 0.4) is 0 Å². The lowest BCUT2D eigenvalue weighted by Gasteiger charge is -2.20. The number of nitrogens with one attached hydrogen (secondary N) is 3. The number of rotatable bonds is 6. The van der Waals surface area contributed by atoms with Gasteiger partial charge in [-0.15, -0.1) is 0 Å². The molecule has 0 saturated heterocycles. The minimum Gasteiger partial charge on any atom is -0.361 e. The Morgan fingerprint density at radius 3 is 2.54 bits per heavy atom. The van der Waals surface area contributed by atoms with Gasteiger partial charge >= 0.3 is 0 Å². The molecular formula is C21H21ClN4O2. The molecule has 0 aliphatic carbocycles. The maximum Gasteiger partial charge on any atom is 0.262 e. The summed E-state index contributed by atoms with van der Waals surface area (Å²) < 4.78 is 0. The number of aromatic amines is 1. The third-order valence-electron chi connectivity index (χ3n) is 4.34. The first-order valence-corrected chi connectivity index (χ1v) is 9.29. The Morgan fingerprint density at radius 2 is 1.82 bits per heavy atom. The molecule has 144 valence electrons. The van der Waals surface area contributed by atoms with Crippen LogP contribution in [0.4, 0.5) is 0 Å². The number of fused-ring (bicyclic) bond motifs is 1. The van der Waals surface area contributed by atoms with E-state index in [-0.39, 0.29) is 17.7 Å². The Kier molecular flexibility index (Phi) is 6.11. The highest BCUT2D eigenvalue weighted by atomic mass is 35.5. The minimum absolute atomic E-state index is 0.112. The van der Waals surface area contributed by atoms with E-state index in [1.54, 1.807) is 30.5 Å². The number of hydrogen-bond donors (Lipinski definition) is 3. The van der Waals surface area contributed by atoms with Gasteiger partial charge in [0.25, 0.3) is 11.8 Å². The van der Waals surface area contributed by atoms with Crippen LogP contribution in [0.1, 0.15) is 29.8 Å². The number of halogens is 1. The first-order chi connectivity index (χ1) is 13.5. The molecule has 3 N–H and O–H groups in total. The fourth-order valence-electron chi connectivity index (χ4n) is 2.80. The number of H-pyrrole nitrogens is 1. The average Bonchev–Trinajstić information content (AvgIpc) is 3.09. The highest BCUT2D eigenvalue weighted by Crippen LogP contribution is 2.15. The molecule has 1 aromatic heterocycles. The molecule has 1 atom stereocenters. The third kappa shape index (κ3) is 4.58. The standard InChI is InChI=1S/C21H21ClN4O2/c1-13(2)19(25-20(27)14-7-9-16(22)10-8-14)21(28)26-24-12-15-11-23-18-6-4-3-5-17(15)18/h3-13,19,23H,1-2H3,(H,25,27)(H,26,28)/b24-12+. The normalized spacial score (nSPS) is 12.4. The molecular weight excluding hydrogens is 376 g/mol. The number of para-hydroxylation sites is 1. The lowest BCUT2D eigenvalue weighted by molar-refractivity contribution is -0.123. The smallest absolute Gasteiger partial charge is 0.262 e. The van der Waals surface area contributed by atoms with Crippen LogP contribution in [0.15, 0.2) is 59.8 Å². The van der Waals surface area contributed by atoms with E-state index in [1.807, 2.05) is 44.3 Å². The molecule has 0 aliphatic heterocycles. The number of hydrazone groups is 1. The monoisotopic (exact) mass is 396 g/mol. The van der Waals surface area contributed by atoms with E-state index in [0.717, 1.165) is 16.5 Å².